The number of hydrogen-bond acceptors (Lipinski definition) is 3. The standard InChI is InChI=1S/C13H20N2O2/c1-10(14)5-3-8-13(17)15(2)11-6-4-7-12(16)9-11/h4,6-7,9-10,16H,3,5,8,14H2,1-2H3. The number of phenolic OH excluding ortho intramolecular Hbond substituents is 1. The van der Waals surface area contributed by atoms with Gasteiger partial charge in [0, 0.05) is 31.3 Å². The Bertz CT molecular complexity index is 377. The molecule has 4 nitrogen and oxygen atoms in total. The zero-order valence-electron chi connectivity index (χ0n) is 10.4. The second-order valence-corrected chi connectivity index (χ2v) is 4.34. The monoisotopic (exact) mass is 236 g/mol. The van der Waals surface area contributed by atoms with E-state index in [0.717, 1.165) is 12.8 Å². The Labute approximate surface area is 102 Å². The molecule has 3 N–H and O–H groups in total. The summed E-state index contributed by atoms with van der Waals surface area (Å²) >= 11 is 0. The molecule has 0 aromatic heterocycles. The molecule has 4 heteroatoms. The van der Waals surface area contributed by atoms with Gasteiger partial charge in [0.25, 0.3) is 0 Å². The molecule has 0 heterocycles. The molecular formula is C13H20N2O2. The van der Waals surface area contributed by atoms with Crippen molar-refractivity contribution in [3.8, 4) is 5.75 Å². The van der Waals surface area contributed by atoms with Crippen molar-refractivity contribution in [2.24, 2.45) is 5.73 Å². The quantitative estimate of drug-likeness (QED) is 0.820. The highest BCUT2D eigenvalue weighted by atomic mass is 16.3. The highest BCUT2D eigenvalue weighted by Crippen LogP contribution is 2.19. The summed E-state index contributed by atoms with van der Waals surface area (Å²) in [7, 11) is 1.71. The molecular weight excluding hydrogens is 216 g/mol. The van der Waals surface area contributed by atoms with Gasteiger partial charge in [-0.05, 0) is 31.9 Å². The Hall–Kier alpha value is -1.55. The lowest BCUT2D eigenvalue weighted by Gasteiger charge is -2.17. The fourth-order valence-electron chi connectivity index (χ4n) is 1.59. The van der Waals surface area contributed by atoms with E-state index in [-0.39, 0.29) is 17.7 Å². The third-order valence-corrected chi connectivity index (χ3v) is 2.64. The van der Waals surface area contributed by atoms with Crippen molar-refractivity contribution < 1.29 is 9.90 Å². The predicted octanol–water partition coefficient (Wildman–Crippen LogP) is 1.87. The van der Waals surface area contributed by atoms with E-state index in [2.05, 4.69) is 0 Å². The summed E-state index contributed by atoms with van der Waals surface area (Å²) < 4.78 is 0. The molecule has 1 aromatic carbocycles. The summed E-state index contributed by atoms with van der Waals surface area (Å²) in [6.45, 7) is 1.93. The Balaban J connectivity index is 2.52. The van der Waals surface area contributed by atoms with E-state index < -0.39 is 0 Å². The van der Waals surface area contributed by atoms with Crippen LogP contribution in [-0.4, -0.2) is 24.1 Å². The van der Waals surface area contributed by atoms with Crippen molar-refractivity contribution in [1.29, 1.82) is 0 Å². The fraction of sp³-hybridized carbons (Fsp3) is 0.462. The number of carbonyl (C=O) groups is 1. The normalized spacial score (nSPS) is 12.2. The molecule has 0 aliphatic carbocycles. The van der Waals surface area contributed by atoms with Crippen molar-refractivity contribution in [2.45, 2.75) is 32.2 Å². The summed E-state index contributed by atoms with van der Waals surface area (Å²) in [6.07, 6.45) is 2.12. The van der Waals surface area contributed by atoms with E-state index in [1.165, 1.54) is 0 Å². The van der Waals surface area contributed by atoms with Gasteiger partial charge in [-0.1, -0.05) is 6.07 Å². The minimum absolute atomic E-state index is 0.0382. The van der Waals surface area contributed by atoms with Crippen LogP contribution in [0.5, 0.6) is 5.75 Å². The number of benzene rings is 1. The number of phenols is 1. The lowest BCUT2D eigenvalue weighted by Crippen LogP contribution is -2.26. The Morgan fingerprint density at radius 1 is 1.53 bits per heavy atom. The van der Waals surface area contributed by atoms with Crippen LogP contribution in [0, 0.1) is 0 Å². The van der Waals surface area contributed by atoms with E-state index in [0.29, 0.717) is 12.1 Å². The maximum absolute atomic E-state index is 11.8. The van der Waals surface area contributed by atoms with Crippen LogP contribution in [0.2, 0.25) is 0 Å². The molecule has 0 fully saturated rings. The number of anilines is 1. The van der Waals surface area contributed by atoms with E-state index in [1.807, 2.05) is 6.92 Å². The van der Waals surface area contributed by atoms with Crippen molar-refractivity contribution in [3.63, 3.8) is 0 Å². The van der Waals surface area contributed by atoms with Crippen molar-refractivity contribution in [3.05, 3.63) is 24.3 Å². The van der Waals surface area contributed by atoms with Crippen molar-refractivity contribution >= 4 is 11.6 Å². The van der Waals surface area contributed by atoms with Crippen molar-refractivity contribution in [2.75, 3.05) is 11.9 Å². The molecule has 1 atom stereocenters. The SMILES string of the molecule is CC(N)CCCC(=O)N(C)c1cccc(O)c1. The molecule has 1 amide bonds. The van der Waals surface area contributed by atoms with Gasteiger partial charge in [0.1, 0.15) is 5.75 Å². The van der Waals surface area contributed by atoms with Crippen LogP contribution in [0.1, 0.15) is 26.2 Å². The van der Waals surface area contributed by atoms with E-state index in [1.54, 1.807) is 36.2 Å². The number of rotatable bonds is 5. The molecule has 17 heavy (non-hydrogen) atoms. The number of carbonyl (C=O) groups excluding carboxylic acids is 1. The van der Waals surface area contributed by atoms with Crippen LogP contribution >= 0.6 is 0 Å². The Kier molecular flexibility index (Phi) is 4.97. The van der Waals surface area contributed by atoms with Gasteiger partial charge in [-0.2, -0.15) is 0 Å². The highest BCUT2D eigenvalue weighted by molar-refractivity contribution is 5.92. The lowest BCUT2D eigenvalue weighted by atomic mass is 10.1. The summed E-state index contributed by atoms with van der Waals surface area (Å²) in [4.78, 5) is 13.4. The van der Waals surface area contributed by atoms with Crippen molar-refractivity contribution in [1.82, 2.24) is 0 Å². The largest absolute Gasteiger partial charge is 0.508 e. The number of amides is 1. The lowest BCUT2D eigenvalue weighted by molar-refractivity contribution is -0.118. The minimum atomic E-state index is 0.0382. The molecule has 0 radical (unpaired) electrons. The zero-order valence-corrected chi connectivity index (χ0v) is 10.4. The van der Waals surface area contributed by atoms with Crippen LogP contribution < -0.4 is 10.6 Å². The molecule has 1 rings (SSSR count). The van der Waals surface area contributed by atoms with Gasteiger partial charge in [0.05, 0.1) is 0 Å². The van der Waals surface area contributed by atoms with E-state index in [4.69, 9.17) is 5.73 Å². The summed E-state index contributed by atoms with van der Waals surface area (Å²) in [6, 6.07) is 6.80. The highest BCUT2D eigenvalue weighted by Gasteiger charge is 2.11. The van der Waals surface area contributed by atoms with Crippen LogP contribution in [0.3, 0.4) is 0 Å². The molecule has 1 aromatic rings. The van der Waals surface area contributed by atoms with Gasteiger partial charge in [-0.25, -0.2) is 0 Å². The second kappa shape index (κ2) is 6.25. The van der Waals surface area contributed by atoms with Crippen LogP contribution in [0.15, 0.2) is 24.3 Å². The molecule has 0 saturated carbocycles. The molecule has 0 bridgehead atoms. The first-order valence-corrected chi connectivity index (χ1v) is 5.82. The average molecular weight is 236 g/mol. The maximum Gasteiger partial charge on any atom is 0.226 e. The zero-order chi connectivity index (χ0) is 12.8. The molecule has 0 spiro atoms. The molecule has 0 saturated heterocycles. The van der Waals surface area contributed by atoms with Gasteiger partial charge in [0.15, 0.2) is 0 Å². The fourth-order valence-corrected chi connectivity index (χ4v) is 1.59. The molecule has 1 unspecified atom stereocenters. The first-order chi connectivity index (χ1) is 8.00. The predicted molar refractivity (Wildman–Crippen MR) is 69.0 cm³/mol. The van der Waals surface area contributed by atoms with E-state index in [9.17, 15) is 9.90 Å². The van der Waals surface area contributed by atoms with Gasteiger partial charge in [0.2, 0.25) is 5.91 Å². The topological polar surface area (TPSA) is 66.6 Å². The number of nitrogens with two attached hydrogens (primary N) is 1. The summed E-state index contributed by atoms with van der Waals surface area (Å²) in [5, 5.41) is 9.34. The second-order valence-electron chi connectivity index (χ2n) is 4.34. The van der Waals surface area contributed by atoms with Gasteiger partial charge >= 0.3 is 0 Å². The van der Waals surface area contributed by atoms with Crippen LogP contribution in [0.25, 0.3) is 0 Å². The number of aromatic hydroxyl groups is 1. The van der Waals surface area contributed by atoms with E-state index >= 15 is 0 Å². The third kappa shape index (κ3) is 4.44. The summed E-state index contributed by atoms with van der Waals surface area (Å²) in [5.74, 6) is 0.203. The Morgan fingerprint density at radius 2 is 2.24 bits per heavy atom. The van der Waals surface area contributed by atoms with Gasteiger partial charge < -0.3 is 15.7 Å². The average Bonchev–Trinajstić information content (AvgIpc) is 2.27. The van der Waals surface area contributed by atoms with Gasteiger partial charge in [-0.15, -0.1) is 0 Å². The molecule has 94 valence electrons. The minimum Gasteiger partial charge on any atom is -0.508 e. The van der Waals surface area contributed by atoms with Crippen LogP contribution in [0.4, 0.5) is 5.69 Å². The first-order valence-electron chi connectivity index (χ1n) is 5.82. The first kappa shape index (κ1) is 13.5. The summed E-state index contributed by atoms with van der Waals surface area (Å²) in [5.41, 5.74) is 6.33. The van der Waals surface area contributed by atoms with Gasteiger partial charge in [-0.3, -0.25) is 4.79 Å². The Morgan fingerprint density at radius 3 is 2.82 bits per heavy atom. The third-order valence-electron chi connectivity index (χ3n) is 2.64. The van der Waals surface area contributed by atoms with Crippen LogP contribution in [-0.2, 0) is 4.79 Å². The molecule has 0 aliphatic rings. The maximum atomic E-state index is 11.8. The number of hydrogen-bond donors (Lipinski definition) is 2. The smallest absolute Gasteiger partial charge is 0.226 e. The number of nitrogens with zero attached hydrogens (tertiary/aromatic N) is 1. The molecule has 0 aliphatic heterocycles.